The Morgan fingerprint density at radius 2 is 2.08 bits per heavy atom. The van der Waals surface area contributed by atoms with Crippen LogP contribution in [-0.4, -0.2) is 28.5 Å². The van der Waals surface area contributed by atoms with Gasteiger partial charge in [0.25, 0.3) is 5.91 Å². The molecule has 2 aromatic rings. The minimum Gasteiger partial charge on any atom is -0.474 e. The fourth-order valence-corrected chi connectivity index (χ4v) is 2.37. The van der Waals surface area contributed by atoms with Crippen LogP contribution in [0.3, 0.4) is 0 Å². The molecule has 1 amide bonds. The maximum atomic E-state index is 11.8. The number of carbonyl (C=O) groups excluding carboxylic acids is 1. The maximum absolute atomic E-state index is 11.8. The number of hydrogen-bond acceptors (Lipinski definition) is 6. The molecular formula is C18H25N5O2. The molecule has 7 heteroatoms. The van der Waals surface area contributed by atoms with Gasteiger partial charge in [-0.3, -0.25) is 4.79 Å². The number of ether oxygens (including phenoxy) is 1. The van der Waals surface area contributed by atoms with Crippen LogP contribution in [-0.2, 0) is 12.8 Å². The van der Waals surface area contributed by atoms with Gasteiger partial charge in [0.15, 0.2) is 11.5 Å². The molecule has 0 aliphatic heterocycles. The highest BCUT2D eigenvalue weighted by Crippen LogP contribution is 2.25. The lowest BCUT2D eigenvalue weighted by molar-refractivity contribution is 0.0995. The van der Waals surface area contributed by atoms with Crippen molar-refractivity contribution in [2.24, 2.45) is 11.5 Å². The standard InChI is InChI=1S/C18H25N5O2/c1-4-14-18(25-11(2)3)23-17(15(22-14)16(20)24)21-13-7-5-6-12(10-13)8-9-19/h5-7,10-11H,4,8-9,19H2,1-3H3,(H2,20,24)(H,21,23). The van der Waals surface area contributed by atoms with E-state index in [4.69, 9.17) is 16.2 Å². The number of nitrogens with two attached hydrogens (primary N) is 2. The Morgan fingerprint density at radius 3 is 2.68 bits per heavy atom. The summed E-state index contributed by atoms with van der Waals surface area (Å²) in [5.41, 5.74) is 13.7. The van der Waals surface area contributed by atoms with Crippen LogP contribution in [0.2, 0.25) is 0 Å². The highest BCUT2D eigenvalue weighted by molar-refractivity contribution is 5.96. The first kappa shape index (κ1) is 18.7. The van der Waals surface area contributed by atoms with E-state index in [1.807, 2.05) is 45.0 Å². The topological polar surface area (TPSA) is 116 Å². The van der Waals surface area contributed by atoms with Crippen LogP contribution >= 0.6 is 0 Å². The Bertz CT molecular complexity index is 746. The molecular weight excluding hydrogens is 318 g/mol. The molecule has 1 heterocycles. The van der Waals surface area contributed by atoms with Crippen molar-refractivity contribution in [2.75, 3.05) is 11.9 Å². The molecule has 134 valence electrons. The van der Waals surface area contributed by atoms with Crippen molar-refractivity contribution >= 4 is 17.4 Å². The predicted molar refractivity (Wildman–Crippen MR) is 98.2 cm³/mol. The zero-order valence-electron chi connectivity index (χ0n) is 14.9. The molecule has 1 aromatic carbocycles. The van der Waals surface area contributed by atoms with E-state index in [1.165, 1.54) is 0 Å². The van der Waals surface area contributed by atoms with E-state index in [1.54, 1.807) is 0 Å². The van der Waals surface area contributed by atoms with Gasteiger partial charge in [-0.1, -0.05) is 19.1 Å². The van der Waals surface area contributed by atoms with Gasteiger partial charge in [0.05, 0.1) is 6.10 Å². The van der Waals surface area contributed by atoms with Crippen molar-refractivity contribution in [3.05, 3.63) is 41.2 Å². The molecule has 1 aromatic heterocycles. The molecule has 7 nitrogen and oxygen atoms in total. The van der Waals surface area contributed by atoms with E-state index in [-0.39, 0.29) is 17.6 Å². The lowest BCUT2D eigenvalue weighted by Crippen LogP contribution is -2.19. The Kier molecular flexibility index (Phi) is 6.30. The first-order chi connectivity index (χ1) is 11.9. The zero-order valence-corrected chi connectivity index (χ0v) is 14.9. The Hall–Kier alpha value is -2.67. The number of amides is 1. The highest BCUT2D eigenvalue weighted by Gasteiger charge is 2.18. The second-order valence-electron chi connectivity index (χ2n) is 5.92. The largest absolute Gasteiger partial charge is 0.474 e. The van der Waals surface area contributed by atoms with Crippen molar-refractivity contribution in [3.8, 4) is 5.88 Å². The van der Waals surface area contributed by atoms with Crippen LogP contribution in [0.25, 0.3) is 0 Å². The Morgan fingerprint density at radius 1 is 1.32 bits per heavy atom. The smallest absolute Gasteiger partial charge is 0.271 e. The molecule has 0 radical (unpaired) electrons. The molecule has 0 unspecified atom stereocenters. The van der Waals surface area contributed by atoms with Gasteiger partial charge in [0.2, 0.25) is 5.88 Å². The lowest BCUT2D eigenvalue weighted by atomic mass is 10.1. The molecule has 25 heavy (non-hydrogen) atoms. The van der Waals surface area contributed by atoms with Crippen molar-refractivity contribution in [2.45, 2.75) is 39.7 Å². The first-order valence-corrected chi connectivity index (χ1v) is 8.38. The number of aromatic nitrogens is 2. The summed E-state index contributed by atoms with van der Waals surface area (Å²) in [6.45, 7) is 6.30. The normalized spacial score (nSPS) is 10.8. The molecule has 0 atom stereocenters. The van der Waals surface area contributed by atoms with Gasteiger partial charge in [-0.25, -0.2) is 4.98 Å². The molecule has 0 bridgehead atoms. The van der Waals surface area contributed by atoms with Crippen molar-refractivity contribution in [3.63, 3.8) is 0 Å². The minimum absolute atomic E-state index is 0.0558. The number of aryl methyl sites for hydroxylation is 1. The minimum atomic E-state index is -0.640. The van der Waals surface area contributed by atoms with Crippen molar-refractivity contribution in [1.82, 2.24) is 9.97 Å². The van der Waals surface area contributed by atoms with E-state index >= 15 is 0 Å². The first-order valence-electron chi connectivity index (χ1n) is 8.38. The Balaban J connectivity index is 2.43. The quantitative estimate of drug-likeness (QED) is 0.676. The summed E-state index contributed by atoms with van der Waals surface area (Å²) in [4.78, 5) is 20.6. The van der Waals surface area contributed by atoms with Crippen LogP contribution in [0.15, 0.2) is 24.3 Å². The van der Waals surface area contributed by atoms with Gasteiger partial charge in [0, 0.05) is 5.69 Å². The molecule has 0 saturated heterocycles. The second kappa shape index (κ2) is 8.43. The average Bonchev–Trinajstić information content (AvgIpc) is 2.55. The number of benzene rings is 1. The number of rotatable bonds is 8. The number of primary amides is 1. The lowest BCUT2D eigenvalue weighted by Gasteiger charge is -2.16. The molecule has 0 aliphatic rings. The van der Waals surface area contributed by atoms with Crippen LogP contribution in [0.1, 0.15) is 42.5 Å². The third-order valence-electron chi connectivity index (χ3n) is 3.47. The number of nitrogens with zero attached hydrogens (tertiary/aromatic N) is 2. The number of hydrogen-bond donors (Lipinski definition) is 3. The van der Waals surface area contributed by atoms with Gasteiger partial charge in [-0.05, 0) is 50.9 Å². The zero-order chi connectivity index (χ0) is 18.4. The van der Waals surface area contributed by atoms with E-state index in [2.05, 4.69) is 15.3 Å². The number of anilines is 2. The van der Waals surface area contributed by atoms with E-state index in [0.717, 1.165) is 17.7 Å². The number of nitrogens with one attached hydrogen (secondary N) is 1. The van der Waals surface area contributed by atoms with Gasteiger partial charge < -0.3 is 21.5 Å². The monoisotopic (exact) mass is 343 g/mol. The van der Waals surface area contributed by atoms with E-state index in [9.17, 15) is 4.79 Å². The molecule has 2 rings (SSSR count). The predicted octanol–water partition coefficient (Wildman–Crippen LogP) is 2.17. The third kappa shape index (κ3) is 4.90. The Labute approximate surface area is 147 Å². The summed E-state index contributed by atoms with van der Waals surface area (Å²) in [5.74, 6) is 0.0484. The van der Waals surface area contributed by atoms with Gasteiger partial charge in [0.1, 0.15) is 5.69 Å². The van der Waals surface area contributed by atoms with Gasteiger partial charge >= 0.3 is 0 Å². The fourth-order valence-electron chi connectivity index (χ4n) is 2.37. The summed E-state index contributed by atoms with van der Waals surface area (Å²) < 4.78 is 5.73. The molecule has 0 aliphatic carbocycles. The van der Waals surface area contributed by atoms with Crippen LogP contribution in [0.4, 0.5) is 11.5 Å². The third-order valence-corrected chi connectivity index (χ3v) is 3.47. The summed E-state index contributed by atoms with van der Waals surface area (Å²) in [6, 6.07) is 7.74. The fraction of sp³-hybridized carbons (Fsp3) is 0.389. The summed E-state index contributed by atoms with van der Waals surface area (Å²) >= 11 is 0. The maximum Gasteiger partial charge on any atom is 0.271 e. The molecule has 5 N–H and O–H groups in total. The van der Waals surface area contributed by atoms with Crippen molar-refractivity contribution in [1.29, 1.82) is 0 Å². The average molecular weight is 343 g/mol. The molecule has 0 saturated carbocycles. The van der Waals surface area contributed by atoms with E-state index in [0.29, 0.717) is 24.5 Å². The second-order valence-corrected chi connectivity index (χ2v) is 5.92. The molecule has 0 fully saturated rings. The molecule has 0 spiro atoms. The SMILES string of the molecule is CCc1nc(C(N)=O)c(Nc2cccc(CCN)c2)nc1OC(C)C. The van der Waals surface area contributed by atoms with Crippen LogP contribution in [0, 0.1) is 0 Å². The van der Waals surface area contributed by atoms with Crippen LogP contribution in [0.5, 0.6) is 5.88 Å². The summed E-state index contributed by atoms with van der Waals surface area (Å²) in [7, 11) is 0. The van der Waals surface area contributed by atoms with Crippen LogP contribution < -0.4 is 21.5 Å². The van der Waals surface area contributed by atoms with Gasteiger partial charge in [-0.2, -0.15) is 4.98 Å². The van der Waals surface area contributed by atoms with Gasteiger partial charge in [-0.15, -0.1) is 0 Å². The van der Waals surface area contributed by atoms with E-state index < -0.39 is 5.91 Å². The summed E-state index contributed by atoms with van der Waals surface area (Å²) in [6.07, 6.45) is 1.29. The highest BCUT2D eigenvalue weighted by atomic mass is 16.5. The summed E-state index contributed by atoms with van der Waals surface area (Å²) in [5, 5.41) is 3.12. The van der Waals surface area contributed by atoms with Crippen molar-refractivity contribution < 1.29 is 9.53 Å². The number of carbonyl (C=O) groups is 1.